The summed E-state index contributed by atoms with van der Waals surface area (Å²) >= 11 is 1.51. The zero-order valence-electron chi connectivity index (χ0n) is 10.8. The van der Waals surface area contributed by atoms with Crippen molar-refractivity contribution in [3.63, 3.8) is 0 Å². The number of thiazole rings is 1. The monoisotopic (exact) mass is 310 g/mol. The first-order valence-electron chi connectivity index (χ1n) is 5.96. The Hall–Kier alpha value is -2.22. The summed E-state index contributed by atoms with van der Waals surface area (Å²) in [7, 11) is 0. The highest BCUT2D eigenvalue weighted by Crippen LogP contribution is 2.29. The molecule has 0 aliphatic rings. The van der Waals surface area contributed by atoms with E-state index < -0.39 is 11.9 Å². The molecule has 0 spiro atoms. The zero-order valence-corrected chi connectivity index (χ0v) is 11.6. The highest BCUT2D eigenvalue weighted by atomic mass is 32.1. The van der Waals surface area contributed by atoms with Crippen LogP contribution in [0.15, 0.2) is 30.5 Å². The van der Waals surface area contributed by atoms with E-state index in [4.69, 9.17) is 0 Å². The normalized spacial score (nSPS) is 11.8. The number of halogens is 3. The zero-order chi connectivity index (χ0) is 15.0. The van der Waals surface area contributed by atoms with Gasteiger partial charge in [-0.15, -0.1) is 11.3 Å². The van der Waals surface area contributed by atoms with Crippen LogP contribution in [0.1, 0.15) is 10.7 Å². The first-order chi connectivity index (χ1) is 9.91. The average molecular weight is 310 g/mol. The molecule has 0 aliphatic heterocycles. The van der Waals surface area contributed by atoms with E-state index >= 15 is 0 Å². The summed E-state index contributed by atoms with van der Waals surface area (Å²) in [6, 6.07) is 6.17. The van der Waals surface area contributed by atoms with Crippen LogP contribution in [0.25, 0.3) is 10.2 Å². The molecule has 0 saturated carbocycles. The Labute approximate surface area is 121 Å². The van der Waals surface area contributed by atoms with E-state index in [1.807, 2.05) is 13.0 Å². The highest BCUT2D eigenvalue weighted by Gasteiger charge is 2.32. The van der Waals surface area contributed by atoms with E-state index in [9.17, 15) is 13.2 Å². The van der Waals surface area contributed by atoms with Gasteiger partial charge >= 0.3 is 6.18 Å². The Morgan fingerprint density at radius 3 is 2.71 bits per heavy atom. The van der Waals surface area contributed by atoms with Crippen molar-refractivity contribution < 1.29 is 13.2 Å². The topological polar surface area (TPSA) is 50.7 Å². The van der Waals surface area contributed by atoms with Crippen molar-refractivity contribution in [2.45, 2.75) is 13.1 Å². The van der Waals surface area contributed by atoms with E-state index in [2.05, 4.69) is 20.3 Å². The van der Waals surface area contributed by atoms with Crippen molar-refractivity contribution in [1.29, 1.82) is 0 Å². The first kappa shape index (κ1) is 13.7. The number of hydrogen-bond donors (Lipinski definition) is 1. The van der Waals surface area contributed by atoms with Gasteiger partial charge in [0.25, 0.3) is 0 Å². The standard InChI is InChI=1S/C13H9F3N4S/c1-7-18-9-3-2-8(6-10(9)21-7)19-12-17-5-4-11(20-12)13(14,15)16/h2-6H,1H3,(H,17,19,20). The van der Waals surface area contributed by atoms with E-state index in [0.29, 0.717) is 5.69 Å². The van der Waals surface area contributed by atoms with Crippen molar-refractivity contribution in [2.24, 2.45) is 0 Å². The summed E-state index contributed by atoms with van der Waals surface area (Å²) in [6.07, 6.45) is -3.41. The van der Waals surface area contributed by atoms with Crippen molar-refractivity contribution in [1.82, 2.24) is 15.0 Å². The Balaban J connectivity index is 1.91. The van der Waals surface area contributed by atoms with Gasteiger partial charge in [0.1, 0.15) is 5.69 Å². The number of aryl methyl sites for hydroxylation is 1. The molecule has 3 aromatic rings. The lowest BCUT2D eigenvalue weighted by Crippen LogP contribution is -2.10. The smallest absolute Gasteiger partial charge is 0.324 e. The fraction of sp³-hybridized carbons (Fsp3) is 0.154. The molecule has 2 heterocycles. The predicted molar refractivity (Wildman–Crippen MR) is 74.7 cm³/mol. The van der Waals surface area contributed by atoms with Gasteiger partial charge in [-0.1, -0.05) is 0 Å². The van der Waals surface area contributed by atoms with Crippen LogP contribution in [-0.2, 0) is 6.18 Å². The molecular weight excluding hydrogens is 301 g/mol. The van der Waals surface area contributed by atoms with Crippen molar-refractivity contribution in [3.05, 3.63) is 41.2 Å². The number of rotatable bonds is 2. The second-order valence-electron chi connectivity index (χ2n) is 4.30. The summed E-state index contributed by atoms with van der Waals surface area (Å²) in [6.45, 7) is 1.90. The van der Waals surface area contributed by atoms with Gasteiger partial charge in [0.2, 0.25) is 5.95 Å². The molecule has 1 N–H and O–H groups in total. The lowest BCUT2D eigenvalue weighted by molar-refractivity contribution is -0.141. The van der Waals surface area contributed by atoms with Crippen LogP contribution < -0.4 is 5.32 Å². The van der Waals surface area contributed by atoms with Crippen LogP contribution in [0.5, 0.6) is 0 Å². The van der Waals surface area contributed by atoms with E-state index in [-0.39, 0.29) is 5.95 Å². The molecular formula is C13H9F3N4S. The second kappa shape index (κ2) is 4.96. The van der Waals surface area contributed by atoms with Gasteiger partial charge in [-0.3, -0.25) is 0 Å². The summed E-state index contributed by atoms with van der Waals surface area (Å²) in [5, 5.41) is 3.70. The Morgan fingerprint density at radius 2 is 1.95 bits per heavy atom. The average Bonchev–Trinajstić information content (AvgIpc) is 2.77. The predicted octanol–water partition coefficient (Wildman–Crippen LogP) is 4.16. The molecule has 2 aromatic heterocycles. The fourth-order valence-corrected chi connectivity index (χ4v) is 2.69. The van der Waals surface area contributed by atoms with Crippen LogP contribution in [0, 0.1) is 6.92 Å². The number of benzene rings is 1. The molecule has 0 unspecified atom stereocenters. The third kappa shape index (κ3) is 2.94. The van der Waals surface area contributed by atoms with Gasteiger partial charge in [0.15, 0.2) is 0 Å². The molecule has 0 aliphatic carbocycles. The SMILES string of the molecule is Cc1nc2ccc(Nc3nccc(C(F)(F)F)n3)cc2s1. The van der Waals surface area contributed by atoms with Crippen molar-refractivity contribution in [3.8, 4) is 0 Å². The van der Waals surface area contributed by atoms with Gasteiger partial charge in [-0.05, 0) is 31.2 Å². The van der Waals surface area contributed by atoms with Crippen LogP contribution in [0.3, 0.4) is 0 Å². The van der Waals surface area contributed by atoms with E-state index in [1.165, 1.54) is 11.3 Å². The van der Waals surface area contributed by atoms with Gasteiger partial charge < -0.3 is 5.32 Å². The minimum absolute atomic E-state index is 0.0922. The number of hydrogen-bond acceptors (Lipinski definition) is 5. The molecule has 108 valence electrons. The van der Waals surface area contributed by atoms with Crippen LogP contribution >= 0.6 is 11.3 Å². The largest absolute Gasteiger partial charge is 0.433 e. The molecule has 0 bridgehead atoms. The number of anilines is 2. The number of aromatic nitrogens is 3. The van der Waals surface area contributed by atoms with Crippen molar-refractivity contribution >= 4 is 33.2 Å². The lowest BCUT2D eigenvalue weighted by atomic mass is 10.3. The minimum atomic E-state index is -4.49. The summed E-state index contributed by atoms with van der Waals surface area (Å²) in [4.78, 5) is 11.6. The van der Waals surface area contributed by atoms with Gasteiger partial charge in [-0.25, -0.2) is 15.0 Å². The van der Waals surface area contributed by atoms with E-state index in [0.717, 1.165) is 27.5 Å². The Kier molecular flexibility index (Phi) is 3.25. The number of nitrogens with zero attached hydrogens (tertiary/aromatic N) is 3. The molecule has 4 nitrogen and oxygen atoms in total. The maximum Gasteiger partial charge on any atom is 0.433 e. The van der Waals surface area contributed by atoms with Gasteiger partial charge in [0.05, 0.1) is 15.2 Å². The summed E-state index contributed by atoms with van der Waals surface area (Å²) in [5.41, 5.74) is 0.494. The van der Waals surface area contributed by atoms with Gasteiger partial charge in [0, 0.05) is 11.9 Å². The molecule has 1 aromatic carbocycles. The van der Waals surface area contributed by atoms with Crippen LogP contribution in [0.2, 0.25) is 0 Å². The number of nitrogens with one attached hydrogen (secondary N) is 1. The molecule has 21 heavy (non-hydrogen) atoms. The molecule has 0 fully saturated rings. The summed E-state index contributed by atoms with van der Waals surface area (Å²) in [5.74, 6) is -0.0922. The molecule has 3 rings (SSSR count). The summed E-state index contributed by atoms with van der Waals surface area (Å²) < 4.78 is 38.7. The van der Waals surface area contributed by atoms with Crippen LogP contribution in [-0.4, -0.2) is 15.0 Å². The number of fused-ring (bicyclic) bond motifs is 1. The number of alkyl halides is 3. The molecule has 0 atom stereocenters. The van der Waals surface area contributed by atoms with Crippen LogP contribution in [0.4, 0.5) is 24.8 Å². The third-order valence-electron chi connectivity index (χ3n) is 2.70. The third-order valence-corrected chi connectivity index (χ3v) is 3.63. The van der Waals surface area contributed by atoms with Crippen molar-refractivity contribution in [2.75, 3.05) is 5.32 Å². The molecule has 0 saturated heterocycles. The maximum absolute atomic E-state index is 12.6. The van der Waals surface area contributed by atoms with E-state index in [1.54, 1.807) is 12.1 Å². The Morgan fingerprint density at radius 1 is 1.14 bits per heavy atom. The van der Waals surface area contributed by atoms with Gasteiger partial charge in [-0.2, -0.15) is 13.2 Å². The molecule has 0 radical (unpaired) electrons. The Bertz CT molecular complexity index is 797. The maximum atomic E-state index is 12.6. The lowest BCUT2D eigenvalue weighted by Gasteiger charge is -2.08. The quantitative estimate of drug-likeness (QED) is 0.772. The minimum Gasteiger partial charge on any atom is -0.324 e. The second-order valence-corrected chi connectivity index (χ2v) is 5.54. The fourth-order valence-electron chi connectivity index (χ4n) is 1.82. The molecule has 8 heteroatoms. The highest BCUT2D eigenvalue weighted by molar-refractivity contribution is 7.18. The first-order valence-corrected chi connectivity index (χ1v) is 6.78. The molecule has 0 amide bonds.